The molecule has 3 N–H and O–H groups in total. The van der Waals surface area contributed by atoms with Gasteiger partial charge in [-0.05, 0) is 38.5 Å². The van der Waals surface area contributed by atoms with Crippen LogP contribution in [0.2, 0.25) is 0 Å². The molecular weight excluding hydrogens is 400 g/mol. The van der Waals surface area contributed by atoms with E-state index in [-0.39, 0.29) is 0 Å². The molecule has 0 aliphatic carbocycles. The number of aliphatic hydroxyl groups is 1. The average Bonchev–Trinajstić information content (AvgIpc) is 2.51. The number of rotatable bonds is 9. The van der Waals surface area contributed by atoms with Gasteiger partial charge in [-0.1, -0.05) is 27.7 Å². The topological polar surface area (TPSA) is 182 Å². The zero-order valence-electron chi connectivity index (χ0n) is 18.0. The van der Waals surface area contributed by atoms with Crippen LogP contribution in [-0.4, -0.2) is 36.7 Å². The Labute approximate surface area is 174 Å². The molecule has 0 saturated heterocycles. The lowest BCUT2D eigenvalue weighted by molar-refractivity contribution is -0.404. The highest BCUT2D eigenvalue weighted by molar-refractivity contribution is 5.64. The summed E-state index contributed by atoms with van der Waals surface area (Å²) in [5, 5.41) is 53.2. The number of non-ortho nitro benzene ring substituents is 1. The van der Waals surface area contributed by atoms with Crippen molar-refractivity contribution in [1.82, 2.24) is 5.32 Å². The molecule has 30 heavy (non-hydrogen) atoms. The molecule has 0 spiro atoms. The molecule has 0 saturated carbocycles. The number of nitrogens with zero attached hydrogens (tertiary/aromatic N) is 3. The zero-order valence-corrected chi connectivity index (χ0v) is 18.0. The Morgan fingerprint density at radius 2 is 1.27 bits per heavy atom. The van der Waals surface area contributed by atoms with Crippen molar-refractivity contribution in [2.24, 2.45) is 11.8 Å². The van der Waals surface area contributed by atoms with Crippen LogP contribution in [0.1, 0.15) is 54.4 Å². The first-order valence-electron chi connectivity index (χ1n) is 9.35. The normalized spacial score (nSPS) is 11.4. The van der Waals surface area contributed by atoms with Gasteiger partial charge in [0.25, 0.3) is 11.4 Å². The summed E-state index contributed by atoms with van der Waals surface area (Å²) in [7, 11) is 0. The van der Waals surface area contributed by atoms with Crippen molar-refractivity contribution >= 4 is 17.1 Å². The van der Waals surface area contributed by atoms with E-state index in [0.717, 1.165) is 12.8 Å². The minimum atomic E-state index is -1.21. The zero-order chi connectivity index (χ0) is 23.8. The van der Waals surface area contributed by atoms with Crippen LogP contribution in [0.3, 0.4) is 0 Å². The summed E-state index contributed by atoms with van der Waals surface area (Å²) in [5.74, 6) is 0.141. The van der Waals surface area contributed by atoms with E-state index in [1.807, 2.05) is 0 Å². The fraction of sp³-hybridized carbons (Fsp3) is 0.667. The maximum absolute atomic E-state index is 10.4. The van der Waals surface area contributed by atoms with Crippen LogP contribution in [0.5, 0.6) is 5.75 Å². The molecule has 1 aromatic carbocycles. The number of phenolic OH excluding ortho intramolecular Hbond substituents is 1. The van der Waals surface area contributed by atoms with Crippen molar-refractivity contribution < 1.29 is 25.0 Å². The first-order chi connectivity index (χ1) is 13.5. The van der Waals surface area contributed by atoms with E-state index < -0.39 is 43.3 Å². The number of nitrogens with one attached hydrogen (secondary N) is 1. The van der Waals surface area contributed by atoms with Crippen LogP contribution in [0.4, 0.5) is 17.1 Å². The molecule has 1 aromatic rings. The standard InChI is InChI=1S/C12H27NO.C6H3N3O7/c1-9(2)7-11(8-10(3)4)13-12(5,6)14;10-6-4(8(13)14)1-3(7(11)12)2-5(6)9(15)16/h9-11,13-14H,7-8H2,1-6H3;1-2,10H. The van der Waals surface area contributed by atoms with Gasteiger partial charge in [0.2, 0.25) is 0 Å². The Balaban J connectivity index is 0.000000567. The molecule has 1 rings (SSSR count). The number of benzene rings is 1. The van der Waals surface area contributed by atoms with E-state index >= 15 is 0 Å². The van der Waals surface area contributed by atoms with Crippen molar-refractivity contribution in [3.63, 3.8) is 0 Å². The summed E-state index contributed by atoms with van der Waals surface area (Å²) in [6.45, 7) is 12.5. The second kappa shape index (κ2) is 11.4. The van der Waals surface area contributed by atoms with Crippen molar-refractivity contribution in [2.75, 3.05) is 0 Å². The van der Waals surface area contributed by atoms with E-state index in [0.29, 0.717) is 30.0 Å². The molecule has 12 nitrogen and oxygen atoms in total. The second-order valence-corrected chi connectivity index (χ2v) is 8.26. The van der Waals surface area contributed by atoms with E-state index in [1.165, 1.54) is 0 Å². The molecule has 0 aliphatic heterocycles. The average molecular weight is 430 g/mol. The number of hydrogen-bond donors (Lipinski definition) is 3. The molecule has 0 bridgehead atoms. The van der Waals surface area contributed by atoms with Crippen LogP contribution in [0.25, 0.3) is 0 Å². The van der Waals surface area contributed by atoms with Gasteiger partial charge in [0, 0.05) is 6.04 Å². The molecule has 0 aromatic heterocycles. The first kappa shape index (κ1) is 27.1. The number of nitro groups is 3. The summed E-state index contributed by atoms with van der Waals surface area (Å²) in [6, 6.07) is 1.32. The van der Waals surface area contributed by atoms with Crippen LogP contribution < -0.4 is 5.32 Å². The maximum atomic E-state index is 10.4. The lowest BCUT2D eigenvalue weighted by atomic mass is 9.95. The van der Waals surface area contributed by atoms with Crippen molar-refractivity contribution in [2.45, 2.75) is 66.2 Å². The molecule has 0 radical (unpaired) electrons. The van der Waals surface area contributed by atoms with Gasteiger partial charge in [-0.25, -0.2) is 0 Å². The van der Waals surface area contributed by atoms with Crippen LogP contribution in [0, 0.1) is 42.2 Å². The molecule has 170 valence electrons. The first-order valence-corrected chi connectivity index (χ1v) is 9.35. The highest BCUT2D eigenvalue weighted by Crippen LogP contribution is 2.38. The van der Waals surface area contributed by atoms with Gasteiger partial charge in [0.15, 0.2) is 0 Å². The maximum Gasteiger partial charge on any atom is 0.324 e. The van der Waals surface area contributed by atoms with Crippen LogP contribution in [0.15, 0.2) is 12.1 Å². The molecule has 0 heterocycles. The number of aromatic hydroxyl groups is 1. The molecule has 12 heteroatoms. The van der Waals surface area contributed by atoms with Crippen molar-refractivity contribution in [1.29, 1.82) is 0 Å². The van der Waals surface area contributed by atoms with Gasteiger partial charge >= 0.3 is 11.4 Å². The summed E-state index contributed by atoms with van der Waals surface area (Å²) in [6.07, 6.45) is 2.25. The summed E-state index contributed by atoms with van der Waals surface area (Å²) < 4.78 is 0. The van der Waals surface area contributed by atoms with Crippen molar-refractivity contribution in [3.05, 3.63) is 42.5 Å². The van der Waals surface area contributed by atoms with Gasteiger partial charge in [0.1, 0.15) is 5.72 Å². The third-order valence-electron chi connectivity index (χ3n) is 3.73. The summed E-state index contributed by atoms with van der Waals surface area (Å²) in [4.78, 5) is 27.8. The fourth-order valence-electron chi connectivity index (χ4n) is 2.83. The summed E-state index contributed by atoms with van der Waals surface area (Å²) in [5.41, 5.74) is -3.76. The van der Waals surface area contributed by atoms with Gasteiger partial charge in [0.05, 0.1) is 26.9 Å². The van der Waals surface area contributed by atoms with E-state index in [1.54, 1.807) is 13.8 Å². The molecule has 0 fully saturated rings. The lowest BCUT2D eigenvalue weighted by Crippen LogP contribution is -2.46. The third kappa shape index (κ3) is 10.1. The molecule has 0 amide bonds. The molecule has 0 unspecified atom stereocenters. The SMILES string of the molecule is CC(C)CC(CC(C)C)NC(C)(C)O.O=[N+]([O-])c1cc([N+](=O)[O-])c(O)c([N+](=O)[O-])c1. The molecular formula is C18H30N4O8. The quantitative estimate of drug-likeness (QED) is 0.297. The fourth-order valence-corrected chi connectivity index (χ4v) is 2.83. The predicted molar refractivity (Wildman–Crippen MR) is 110 cm³/mol. The summed E-state index contributed by atoms with van der Waals surface area (Å²) >= 11 is 0. The Hall–Kier alpha value is -2.86. The largest absolute Gasteiger partial charge is 0.497 e. The van der Waals surface area contributed by atoms with Crippen LogP contribution >= 0.6 is 0 Å². The smallest absolute Gasteiger partial charge is 0.324 e. The Bertz CT molecular complexity index is 714. The van der Waals surface area contributed by atoms with Crippen LogP contribution in [-0.2, 0) is 0 Å². The predicted octanol–water partition coefficient (Wildman–Crippen LogP) is 3.88. The highest BCUT2D eigenvalue weighted by Gasteiger charge is 2.30. The van der Waals surface area contributed by atoms with E-state index in [4.69, 9.17) is 5.11 Å². The van der Waals surface area contributed by atoms with Gasteiger partial charge < -0.3 is 10.2 Å². The van der Waals surface area contributed by atoms with E-state index in [2.05, 4.69) is 33.0 Å². The Morgan fingerprint density at radius 3 is 1.50 bits per heavy atom. The number of hydrogen-bond acceptors (Lipinski definition) is 9. The highest BCUT2D eigenvalue weighted by atomic mass is 16.6. The minimum absolute atomic E-state index is 0.426. The lowest BCUT2D eigenvalue weighted by Gasteiger charge is -2.29. The van der Waals surface area contributed by atoms with Gasteiger partial charge in [-0.2, -0.15) is 0 Å². The van der Waals surface area contributed by atoms with E-state index in [9.17, 15) is 35.4 Å². The Kier molecular flexibility index (Phi) is 10.3. The van der Waals surface area contributed by atoms with Crippen molar-refractivity contribution in [3.8, 4) is 5.75 Å². The van der Waals surface area contributed by atoms with Gasteiger partial charge in [-0.15, -0.1) is 0 Å². The molecule has 0 aliphatic rings. The second-order valence-electron chi connectivity index (χ2n) is 8.26. The van der Waals surface area contributed by atoms with Gasteiger partial charge in [-0.3, -0.25) is 35.7 Å². The monoisotopic (exact) mass is 430 g/mol. The number of nitro benzene ring substituents is 3. The third-order valence-corrected chi connectivity index (χ3v) is 3.73. The minimum Gasteiger partial charge on any atom is -0.497 e. The Morgan fingerprint density at radius 1 is 0.900 bits per heavy atom. The molecule has 0 atom stereocenters. The number of phenols is 1.